The van der Waals surface area contributed by atoms with Crippen LogP contribution in [-0.2, 0) is 9.53 Å². The van der Waals surface area contributed by atoms with Crippen LogP contribution in [-0.4, -0.2) is 52.1 Å². The first-order valence-electron chi connectivity index (χ1n) is 7.81. The van der Waals surface area contributed by atoms with Gasteiger partial charge in [-0.15, -0.1) is 6.58 Å². The van der Waals surface area contributed by atoms with Gasteiger partial charge in [0.1, 0.15) is 11.0 Å². The van der Waals surface area contributed by atoms with Crippen molar-refractivity contribution in [2.45, 2.75) is 49.5 Å². The lowest BCUT2D eigenvalue weighted by Gasteiger charge is -2.62. The maximum Gasteiger partial charge on any atom is 0.316 e. The topological polar surface area (TPSA) is 49.8 Å². The van der Waals surface area contributed by atoms with Crippen LogP contribution in [0.1, 0.15) is 39.5 Å². The van der Waals surface area contributed by atoms with Crippen LogP contribution in [0.4, 0.5) is 0 Å². The minimum atomic E-state index is -1.14. The fourth-order valence-corrected chi connectivity index (χ4v) is 5.32. The third-order valence-corrected chi connectivity index (χ3v) is 6.53. The van der Waals surface area contributed by atoms with Gasteiger partial charge in [0.15, 0.2) is 0 Å². The molecule has 5 heteroatoms. The Morgan fingerprint density at radius 2 is 2.14 bits per heavy atom. The predicted octanol–water partition coefficient (Wildman–Crippen LogP) is 2.50. The van der Waals surface area contributed by atoms with Gasteiger partial charge in [0.05, 0.1) is 10.9 Å². The highest BCUT2D eigenvalue weighted by atomic mass is 79.9. The van der Waals surface area contributed by atoms with E-state index in [4.69, 9.17) is 4.74 Å². The number of carbonyl (C=O) groups excluding carboxylic acids is 1. The fourth-order valence-electron chi connectivity index (χ4n) is 4.14. The number of likely N-dealkylation sites (tertiary alicyclic amines) is 1. The molecule has 1 aliphatic heterocycles. The Hall–Kier alpha value is -0.390. The van der Waals surface area contributed by atoms with Crippen LogP contribution in [0.15, 0.2) is 12.7 Å². The number of hydrogen-bond donors (Lipinski definition) is 1. The predicted molar refractivity (Wildman–Crippen MR) is 86.5 cm³/mol. The average Bonchev–Trinajstić information content (AvgIpc) is 2.41. The lowest BCUT2D eigenvalue weighted by molar-refractivity contribution is -0.207. The van der Waals surface area contributed by atoms with Crippen LogP contribution in [0.2, 0.25) is 0 Å². The standard InChI is InChI=1S/C16H26BrNO3/c1-4-8-16(20)14(13(19)21-6-3)9-7-10-15(16,17)12-18(5-2)11-14/h4,20H,1,5-12H2,2-3H3/t14-,15-,16-/m0/s1. The summed E-state index contributed by atoms with van der Waals surface area (Å²) in [5.41, 5.74) is -2.01. The highest BCUT2D eigenvalue weighted by molar-refractivity contribution is 9.10. The summed E-state index contributed by atoms with van der Waals surface area (Å²) in [5, 5.41) is 11.5. The monoisotopic (exact) mass is 359 g/mol. The van der Waals surface area contributed by atoms with Gasteiger partial charge in [0.25, 0.3) is 0 Å². The van der Waals surface area contributed by atoms with Gasteiger partial charge in [0, 0.05) is 13.1 Å². The quantitative estimate of drug-likeness (QED) is 0.465. The molecule has 1 saturated carbocycles. The summed E-state index contributed by atoms with van der Waals surface area (Å²) in [6, 6.07) is 0. The highest BCUT2D eigenvalue weighted by Gasteiger charge is 2.69. The highest BCUT2D eigenvalue weighted by Crippen LogP contribution is 2.59. The molecule has 2 aliphatic rings. The van der Waals surface area contributed by atoms with Crippen LogP contribution in [0.25, 0.3) is 0 Å². The number of ether oxygens (including phenoxy) is 1. The zero-order valence-corrected chi connectivity index (χ0v) is 14.6. The molecule has 1 saturated heterocycles. The second-order valence-electron chi connectivity index (χ2n) is 6.28. The molecule has 4 nitrogen and oxygen atoms in total. The number of fused-ring (bicyclic) bond motifs is 2. The Balaban J connectivity index is 2.52. The Morgan fingerprint density at radius 3 is 2.71 bits per heavy atom. The molecule has 0 amide bonds. The van der Waals surface area contributed by atoms with Gasteiger partial charge >= 0.3 is 5.97 Å². The number of hydrogen-bond acceptors (Lipinski definition) is 4. The van der Waals surface area contributed by atoms with Gasteiger partial charge in [0.2, 0.25) is 0 Å². The number of aliphatic hydroxyl groups is 1. The first-order valence-corrected chi connectivity index (χ1v) is 8.60. The molecule has 1 aliphatic carbocycles. The van der Waals surface area contributed by atoms with E-state index in [0.717, 1.165) is 25.9 Å². The van der Waals surface area contributed by atoms with Crippen LogP contribution in [0.5, 0.6) is 0 Å². The van der Waals surface area contributed by atoms with Gasteiger partial charge < -0.3 is 14.7 Å². The van der Waals surface area contributed by atoms with Crippen molar-refractivity contribution in [3.8, 4) is 0 Å². The van der Waals surface area contributed by atoms with Gasteiger partial charge in [-0.05, 0) is 32.7 Å². The maximum absolute atomic E-state index is 12.8. The summed E-state index contributed by atoms with van der Waals surface area (Å²) in [4.78, 5) is 15.0. The molecule has 2 bridgehead atoms. The number of alkyl halides is 1. The summed E-state index contributed by atoms with van der Waals surface area (Å²) >= 11 is 3.80. The molecule has 21 heavy (non-hydrogen) atoms. The summed E-state index contributed by atoms with van der Waals surface area (Å²) < 4.78 is 4.88. The van der Waals surface area contributed by atoms with Crippen LogP contribution < -0.4 is 0 Å². The van der Waals surface area contributed by atoms with Crippen LogP contribution >= 0.6 is 15.9 Å². The van der Waals surface area contributed by atoms with Crippen molar-refractivity contribution in [3.63, 3.8) is 0 Å². The maximum atomic E-state index is 12.8. The zero-order valence-electron chi connectivity index (χ0n) is 13.0. The molecular weight excluding hydrogens is 334 g/mol. The van der Waals surface area contributed by atoms with Crippen molar-refractivity contribution in [3.05, 3.63) is 12.7 Å². The number of piperidine rings is 1. The van der Waals surface area contributed by atoms with Gasteiger partial charge in [-0.25, -0.2) is 0 Å². The third-order valence-electron chi connectivity index (χ3n) is 5.23. The van der Waals surface area contributed by atoms with Crippen molar-refractivity contribution in [2.24, 2.45) is 5.41 Å². The first kappa shape index (κ1) is 17.0. The van der Waals surface area contributed by atoms with E-state index in [2.05, 4.69) is 34.3 Å². The molecular formula is C16H26BrNO3. The fraction of sp³-hybridized carbons (Fsp3) is 0.812. The molecule has 0 aromatic heterocycles. The van der Waals surface area contributed by atoms with E-state index in [1.54, 1.807) is 6.08 Å². The number of halogens is 1. The zero-order chi connectivity index (χ0) is 15.7. The molecule has 0 unspecified atom stereocenters. The third kappa shape index (κ3) is 2.37. The van der Waals surface area contributed by atoms with E-state index in [9.17, 15) is 9.90 Å². The minimum Gasteiger partial charge on any atom is -0.465 e. The number of esters is 1. The second-order valence-corrected chi connectivity index (χ2v) is 7.80. The molecule has 0 aromatic carbocycles. The van der Waals surface area contributed by atoms with Gasteiger partial charge in [-0.1, -0.05) is 35.4 Å². The molecule has 2 fully saturated rings. The molecule has 1 N–H and O–H groups in total. The molecule has 0 radical (unpaired) electrons. The van der Waals surface area contributed by atoms with Crippen molar-refractivity contribution >= 4 is 21.9 Å². The molecule has 2 rings (SSSR count). The molecule has 3 atom stereocenters. The smallest absolute Gasteiger partial charge is 0.316 e. The minimum absolute atomic E-state index is 0.268. The van der Waals surface area contributed by atoms with E-state index in [1.807, 2.05) is 6.92 Å². The van der Waals surface area contributed by atoms with E-state index >= 15 is 0 Å². The lowest BCUT2D eigenvalue weighted by atomic mass is 9.54. The van der Waals surface area contributed by atoms with Gasteiger partial charge in [-0.3, -0.25) is 4.79 Å². The Morgan fingerprint density at radius 1 is 1.43 bits per heavy atom. The van der Waals surface area contributed by atoms with E-state index in [-0.39, 0.29) is 5.97 Å². The first-order chi connectivity index (χ1) is 9.89. The number of carbonyl (C=O) groups is 1. The summed E-state index contributed by atoms with van der Waals surface area (Å²) in [6.07, 6.45) is 4.56. The van der Waals surface area contributed by atoms with E-state index in [0.29, 0.717) is 26.0 Å². The largest absolute Gasteiger partial charge is 0.465 e. The molecule has 0 spiro atoms. The van der Waals surface area contributed by atoms with Crippen molar-refractivity contribution < 1.29 is 14.6 Å². The average molecular weight is 360 g/mol. The van der Waals surface area contributed by atoms with Crippen molar-refractivity contribution in [1.82, 2.24) is 4.90 Å². The molecule has 1 heterocycles. The summed E-state index contributed by atoms with van der Waals surface area (Å²) in [7, 11) is 0. The SMILES string of the molecule is C=CC[C@@]1(O)[C@]2(Br)CCC[C@@]1(C(=O)OCC)CN(CC)C2. The Kier molecular flexibility index (Phi) is 4.86. The van der Waals surface area contributed by atoms with E-state index < -0.39 is 15.3 Å². The number of nitrogens with zero attached hydrogens (tertiary/aromatic N) is 1. The van der Waals surface area contributed by atoms with Crippen molar-refractivity contribution in [2.75, 3.05) is 26.2 Å². The Labute approximate surface area is 135 Å². The van der Waals surface area contributed by atoms with Crippen LogP contribution in [0, 0.1) is 5.41 Å². The summed E-state index contributed by atoms with van der Waals surface area (Å²) in [5.74, 6) is -0.268. The Bertz CT molecular complexity index is 430. The lowest BCUT2D eigenvalue weighted by Crippen LogP contribution is -2.75. The second kappa shape index (κ2) is 6.01. The van der Waals surface area contributed by atoms with Gasteiger partial charge in [-0.2, -0.15) is 0 Å². The molecule has 0 aromatic rings. The van der Waals surface area contributed by atoms with E-state index in [1.165, 1.54) is 0 Å². The summed E-state index contributed by atoms with van der Waals surface area (Å²) in [6.45, 7) is 10.2. The molecule has 120 valence electrons. The normalized spacial score (nSPS) is 39.8. The van der Waals surface area contributed by atoms with Crippen molar-refractivity contribution in [1.29, 1.82) is 0 Å². The van der Waals surface area contributed by atoms with Crippen LogP contribution in [0.3, 0.4) is 0 Å². The number of rotatable bonds is 5.